The fraction of sp³-hybridized carbons (Fsp3) is 0.286. The van der Waals surface area contributed by atoms with E-state index in [4.69, 9.17) is 0 Å². The van der Waals surface area contributed by atoms with Crippen LogP contribution in [0.2, 0.25) is 0 Å². The molecule has 0 amide bonds. The second kappa shape index (κ2) is 5.43. The van der Waals surface area contributed by atoms with Crippen molar-refractivity contribution in [1.29, 1.82) is 0 Å². The van der Waals surface area contributed by atoms with Gasteiger partial charge in [-0.05, 0) is 30.9 Å². The summed E-state index contributed by atoms with van der Waals surface area (Å²) in [5.41, 5.74) is 3.76. The summed E-state index contributed by atoms with van der Waals surface area (Å²) in [6.07, 6.45) is 15.2. The Morgan fingerprint density at radius 3 is 2.86 bits per heavy atom. The standard InChI is InChI=1S/C14H18/c1-4-13(11-12(2)3)9-10-14-7-5-6-8-14/h5,7-11H,2,4,6H2,1,3H3/b10-9-,13-11+. The Hall–Kier alpha value is -1.30. The molecule has 0 heterocycles. The molecule has 0 nitrogen and oxygen atoms in total. The third-order valence-electron chi connectivity index (χ3n) is 2.13. The molecule has 0 spiro atoms. The van der Waals surface area contributed by atoms with Gasteiger partial charge in [-0.2, -0.15) is 0 Å². The summed E-state index contributed by atoms with van der Waals surface area (Å²) in [7, 11) is 0. The fourth-order valence-electron chi connectivity index (χ4n) is 1.39. The van der Waals surface area contributed by atoms with Gasteiger partial charge in [0.15, 0.2) is 0 Å². The predicted molar refractivity (Wildman–Crippen MR) is 64.2 cm³/mol. The summed E-state index contributed by atoms with van der Waals surface area (Å²) in [5.74, 6) is 0. The van der Waals surface area contributed by atoms with E-state index in [1.165, 1.54) is 11.1 Å². The van der Waals surface area contributed by atoms with Gasteiger partial charge in [-0.1, -0.05) is 55.5 Å². The first-order valence-corrected chi connectivity index (χ1v) is 5.13. The molecule has 0 N–H and O–H groups in total. The molecule has 0 aromatic heterocycles. The molecule has 0 aromatic carbocycles. The predicted octanol–water partition coefficient (Wildman–Crippen LogP) is 4.34. The molecule has 0 heteroatoms. The smallest absolute Gasteiger partial charge is 0.0157 e. The van der Waals surface area contributed by atoms with Gasteiger partial charge in [-0.3, -0.25) is 0 Å². The lowest BCUT2D eigenvalue weighted by atomic mass is 10.1. The zero-order chi connectivity index (χ0) is 10.4. The van der Waals surface area contributed by atoms with Gasteiger partial charge in [0.2, 0.25) is 0 Å². The van der Waals surface area contributed by atoms with E-state index >= 15 is 0 Å². The molecule has 0 aliphatic heterocycles. The summed E-state index contributed by atoms with van der Waals surface area (Å²) < 4.78 is 0. The minimum Gasteiger partial charge on any atom is -0.0961 e. The monoisotopic (exact) mass is 186 g/mol. The van der Waals surface area contributed by atoms with Gasteiger partial charge in [-0.25, -0.2) is 0 Å². The molecular formula is C14H18. The first-order valence-electron chi connectivity index (χ1n) is 5.13. The Morgan fingerprint density at radius 2 is 2.36 bits per heavy atom. The Kier molecular flexibility index (Phi) is 4.18. The Morgan fingerprint density at radius 1 is 1.57 bits per heavy atom. The van der Waals surface area contributed by atoms with Crippen molar-refractivity contribution >= 4 is 0 Å². The second-order valence-electron chi connectivity index (χ2n) is 3.59. The average Bonchev–Trinajstić information content (AvgIpc) is 2.64. The summed E-state index contributed by atoms with van der Waals surface area (Å²) in [6, 6.07) is 0. The lowest BCUT2D eigenvalue weighted by Gasteiger charge is -1.97. The van der Waals surface area contributed by atoms with Crippen molar-refractivity contribution in [2.45, 2.75) is 26.7 Å². The van der Waals surface area contributed by atoms with Gasteiger partial charge < -0.3 is 0 Å². The van der Waals surface area contributed by atoms with E-state index in [0.717, 1.165) is 18.4 Å². The molecule has 1 rings (SSSR count). The maximum atomic E-state index is 3.88. The van der Waals surface area contributed by atoms with Gasteiger partial charge in [0.1, 0.15) is 0 Å². The van der Waals surface area contributed by atoms with Crippen LogP contribution < -0.4 is 0 Å². The van der Waals surface area contributed by atoms with Crippen molar-refractivity contribution in [3.05, 3.63) is 59.8 Å². The van der Waals surface area contributed by atoms with Crippen LogP contribution >= 0.6 is 0 Å². The molecule has 0 aromatic rings. The molecular weight excluding hydrogens is 168 g/mol. The van der Waals surface area contributed by atoms with Crippen LogP contribution in [0.3, 0.4) is 0 Å². The van der Waals surface area contributed by atoms with Gasteiger partial charge in [0.25, 0.3) is 0 Å². The van der Waals surface area contributed by atoms with E-state index in [2.05, 4.69) is 50.0 Å². The van der Waals surface area contributed by atoms with Gasteiger partial charge in [0.05, 0.1) is 0 Å². The molecule has 14 heavy (non-hydrogen) atoms. The molecule has 0 bridgehead atoms. The van der Waals surface area contributed by atoms with Crippen LogP contribution in [0, 0.1) is 0 Å². The van der Waals surface area contributed by atoms with Crippen LogP contribution in [0.5, 0.6) is 0 Å². The average molecular weight is 186 g/mol. The minimum atomic E-state index is 1.06. The number of hydrogen-bond acceptors (Lipinski definition) is 0. The van der Waals surface area contributed by atoms with E-state index in [0.29, 0.717) is 0 Å². The van der Waals surface area contributed by atoms with E-state index in [1.54, 1.807) is 0 Å². The highest BCUT2D eigenvalue weighted by molar-refractivity contribution is 5.39. The van der Waals surface area contributed by atoms with E-state index in [1.807, 2.05) is 6.92 Å². The zero-order valence-corrected chi connectivity index (χ0v) is 9.09. The molecule has 1 aliphatic rings. The van der Waals surface area contributed by atoms with Crippen LogP contribution in [-0.2, 0) is 0 Å². The second-order valence-corrected chi connectivity index (χ2v) is 3.59. The Balaban J connectivity index is 2.64. The van der Waals surface area contributed by atoms with Crippen LogP contribution in [0.15, 0.2) is 59.8 Å². The quantitative estimate of drug-likeness (QED) is 0.573. The summed E-state index contributed by atoms with van der Waals surface area (Å²) >= 11 is 0. The fourth-order valence-corrected chi connectivity index (χ4v) is 1.39. The first-order chi connectivity index (χ1) is 6.72. The Labute approximate surface area is 87.0 Å². The molecule has 0 unspecified atom stereocenters. The van der Waals surface area contributed by atoms with Crippen molar-refractivity contribution in [3.63, 3.8) is 0 Å². The van der Waals surface area contributed by atoms with E-state index in [9.17, 15) is 0 Å². The van der Waals surface area contributed by atoms with Crippen LogP contribution in [0.25, 0.3) is 0 Å². The minimum absolute atomic E-state index is 1.06. The van der Waals surface area contributed by atoms with E-state index < -0.39 is 0 Å². The van der Waals surface area contributed by atoms with Crippen LogP contribution in [-0.4, -0.2) is 0 Å². The van der Waals surface area contributed by atoms with Crippen molar-refractivity contribution in [2.75, 3.05) is 0 Å². The van der Waals surface area contributed by atoms with Crippen molar-refractivity contribution in [2.24, 2.45) is 0 Å². The largest absolute Gasteiger partial charge is 0.0961 e. The van der Waals surface area contributed by atoms with E-state index in [-0.39, 0.29) is 0 Å². The van der Waals surface area contributed by atoms with Gasteiger partial charge in [-0.15, -0.1) is 0 Å². The maximum Gasteiger partial charge on any atom is -0.0157 e. The lowest BCUT2D eigenvalue weighted by molar-refractivity contribution is 1.14. The number of allylic oxidation sites excluding steroid dienone is 9. The molecule has 0 fully saturated rings. The summed E-state index contributed by atoms with van der Waals surface area (Å²) in [4.78, 5) is 0. The Bertz CT molecular complexity index is 322. The van der Waals surface area contributed by atoms with Crippen molar-refractivity contribution < 1.29 is 0 Å². The SMILES string of the molecule is C=C(C)/C=C(/C=C\C1=CCC=C1)CC. The highest BCUT2D eigenvalue weighted by Gasteiger charge is 1.93. The number of rotatable bonds is 4. The zero-order valence-electron chi connectivity index (χ0n) is 9.09. The molecule has 74 valence electrons. The lowest BCUT2D eigenvalue weighted by Crippen LogP contribution is -1.76. The van der Waals surface area contributed by atoms with Crippen molar-refractivity contribution in [1.82, 2.24) is 0 Å². The number of hydrogen-bond donors (Lipinski definition) is 0. The molecule has 0 radical (unpaired) electrons. The summed E-state index contributed by atoms with van der Waals surface area (Å²) in [6.45, 7) is 8.07. The topological polar surface area (TPSA) is 0 Å². The van der Waals surface area contributed by atoms with Gasteiger partial charge in [0, 0.05) is 0 Å². The molecule has 0 saturated carbocycles. The third-order valence-corrected chi connectivity index (χ3v) is 2.13. The highest BCUT2D eigenvalue weighted by Crippen LogP contribution is 2.13. The first kappa shape index (κ1) is 10.8. The third kappa shape index (κ3) is 3.61. The molecule has 0 saturated heterocycles. The van der Waals surface area contributed by atoms with Crippen LogP contribution in [0.4, 0.5) is 0 Å². The normalized spacial score (nSPS) is 16.4. The maximum absolute atomic E-state index is 3.88. The van der Waals surface area contributed by atoms with Crippen LogP contribution in [0.1, 0.15) is 26.7 Å². The highest BCUT2D eigenvalue weighted by atomic mass is 14.0. The van der Waals surface area contributed by atoms with Gasteiger partial charge >= 0.3 is 0 Å². The molecule has 0 atom stereocenters. The van der Waals surface area contributed by atoms with Crippen molar-refractivity contribution in [3.8, 4) is 0 Å². The molecule has 1 aliphatic carbocycles. The summed E-state index contributed by atoms with van der Waals surface area (Å²) in [5, 5.41) is 0.